The zero-order valence-corrected chi connectivity index (χ0v) is 12.1. The molecule has 0 unspecified atom stereocenters. The molecule has 0 aliphatic carbocycles. The van der Waals surface area contributed by atoms with Crippen molar-refractivity contribution in [3.05, 3.63) is 60.7 Å². The molecule has 0 N–H and O–H groups in total. The number of hydrogen-bond acceptors (Lipinski definition) is 4. The van der Waals surface area contributed by atoms with Gasteiger partial charge in [-0.2, -0.15) is 4.39 Å². The van der Waals surface area contributed by atoms with Gasteiger partial charge >= 0.3 is 11.9 Å². The zero-order valence-electron chi connectivity index (χ0n) is 12.1. The molecular weight excluding hydrogens is 306 g/mol. The zero-order chi connectivity index (χ0) is 17.0. The van der Waals surface area contributed by atoms with Crippen molar-refractivity contribution in [2.75, 3.05) is 0 Å². The predicted octanol–water partition coefficient (Wildman–Crippen LogP) is 3.65. The van der Waals surface area contributed by atoms with E-state index in [9.17, 15) is 18.4 Å². The summed E-state index contributed by atoms with van der Waals surface area (Å²) in [7, 11) is 0. The van der Waals surface area contributed by atoms with Crippen molar-refractivity contribution in [1.82, 2.24) is 0 Å². The summed E-state index contributed by atoms with van der Waals surface area (Å²) in [4.78, 5) is 21.9. The predicted molar refractivity (Wildman–Crippen MR) is 78.9 cm³/mol. The van der Waals surface area contributed by atoms with Crippen LogP contribution >= 0.6 is 0 Å². The standard InChI is InChI=1S/C17H12F2O4/c1-3-15(21)23-14-9-8-13(16(18)17(14)19)11-4-6-12(7-5-11)22-10(2)20/h3-9H,1H2,2H3. The smallest absolute Gasteiger partial charge is 0.335 e. The first-order chi connectivity index (χ1) is 10.9. The molecule has 0 saturated heterocycles. The summed E-state index contributed by atoms with van der Waals surface area (Å²) >= 11 is 0. The van der Waals surface area contributed by atoms with E-state index < -0.39 is 29.3 Å². The maximum atomic E-state index is 14.1. The molecule has 118 valence electrons. The number of carbonyl (C=O) groups excluding carboxylic acids is 2. The van der Waals surface area contributed by atoms with Gasteiger partial charge in [0.25, 0.3) is 0 Å². The van der Waals surface area contributed by atoms with Crippen molar-refractivity contribution >= 4 is 11.9 Å². The molecule has 4 nitrogen and oxygen atoms in total. The lowest BCUT2D eigenvalue weighted by molar-refractivity contribution is -0.132. The summed E-state index contributed by atoms with van der Waals surface area (Å²) in [5.74, 6) is -4.03. The fourth-order valence-corrected chi connectivity index (χ4v) is 1.85. The van der Waals surface area contributed by atoms with Gasteiger partial charge in [-0.05, 0) is 29.8 Å². The van der Waals surface area contributed by atoms with Crippen molar-refractivity contribution in [3.8, 4) is 22.6 Å². The lowest BCUT2D eigenvalue weighted by Crippen LogP contribution is -2.06. The van der Waals surface area contributed by atoms with Crippen LogP contribution in [0.4, 0.5) is 8.78 Å². The number of esters is 2. The quantitative estimate of drug-likeness (QED) is 0.490. The summed E-state index contributed by atoms with van der Waals surface area (Å²) in [5, 5.41) is 0. The van der Waals surface area contributed by atoms with Crippen molar-refractivity contribution in [1.29, 1.82) is 0 Å². The minimum atomic E-state index is -1.28. The first-order valence-corrected chi connectivity index (χ1v) is 6.53. The number of ether oxygens (including phenoxy) is 2. The van der Waals surface area contributed by atoms with Crippen LogP contribution in [0.2, 0.25) is 0 Å². The summed E-state index contributed by atoms with van der Waals surface area (Å²) in [5.41, 5.74) is 0.356. The highest BCUT2D eigenvalue weighted by molar-refractivity contribution is 5.83. The molecule has 0 fully saturated rings. The fourth-order valence-electron chi connectivity index (χ4n) is 1.85. The van der Waals surface area contributed by atoms with Gasteiger partial charge in [-0.1, -0.05) is 18.7 Å². The first kappa shape index (κ1) is 16.4. The highest BCUT2D eigenvalue weighted by Gasteiger charge is 2.17. The van der Waals surface area contributed by atoms with Gasteiger partial charge in [0.05, 0.1) is 0 Å². The molecule has 0 heterocycles. The Morgan fingerprint density at radius 3 is 2.22 bits per heavy atom. The van der Waals surface area contributed by atoms with Crippen LogP contribution in [0.3, 0.4) is 0 Å². The van der Waals surface area contributed by atoms with Gasteiger partial charge in [0.2, 0.25) is 5.82 Å². The minimum absolute atomic E-state index is 0.0183. The van der Waals surface area contributed by atoms with Crippen LogP contribution in [-0.2, 0) is 9.59 Å². The molecule has 2 aromatic carbocycles. The summed E-state index contributed by atoms with van der Waals surface area (Å²) in [6.45, 7) is 4.43. The van der Waals surface area contributed by atoms with Crippen LogP contribution < -0.4 is 9.47 Å². The number of carbonyl (C=O) groups is 2. The average molecular weight is 318 g/mol. The molecule has 0 radical (unpaired) electrons. The largest absolute Gasteiger partial charge is 0.427 e. The van der Waals surface area contributed by atoms with Crippen molar-refractivity contribution in [3.63, 3.8) is 0 Å². The summed E-state index contributed by atoms with van der Waals surface area (Å²) in [6, 6.07) is 8.30. The van der Waals surface area contributed by atoms with E-state index >= 15 is 0 Å². The molecule has 0 aliphatic heterocycles. The second-order valence-electron chi connectivity index (χ2n) is 4.48. The molecule has 2 rings (SSSR count). The number of benzene rings is 2. The Hall–Kier alpha value is -3.02. The van der Waals surface area contributed by atoms with Gasteiger partial charge in [0.15, 0.2) is 11.6 Å². The van der Waals surface area contributed by atoms with E-state index in [1.54, 1.807) is 0 Å². The Balaban J connectivity index is 2.33. The van der Waals surface area contributed by atoms with Gasteiger partial charge in [0.1, 0.15) is 5.75 Å². The van der Waals surface area contributed by atoms with Gasteiger partial charge in [-0.3, -0.25) is 4.79 Å². The topological polar surface area (TPSA) is 52.6 Å². The first-order valence-electron chi connectivity index (χ1n) is 6.53. The second-order valence-corrected chi connectivity index (χ2v) is 4.48. The van der Waals surface area contributed by atoms with Gasteiger partial charge in [0, 0.05) is 18.6 Å². The molecule has 0 bridgehead atoms. The number of rotatable bonds is 4. The van der Waals surface area contributed by atoms with E-state index in [-0.39, 0.29) is 5.56 Å². The SMILES string of the molecule is C=CC(=O)Oc1ccc(-c2ccc(OC(C)=O)cc2)c(F)c1F. The maximum absolute atomic E-state index is 14.1. The second kappa shape index (κ2) is 6.83. The average Bonchev–Trinajstić information content (AvgIpc) is 2.52. The third kappa shape index (κ3) is 3.79. The maximum Gasteiger partial charge on any atom is 0.335 e. The summed E-state index contributed by atoms with van der Waals surface area (Å²) in [6.07, 6.45) is 0.846. The van der Waals surface area contributed by atoms with Crippen molar-refractivity contribution in [2.45, 2.75) is 6.92 Å². The van der Waals surface area contributed by atoms with Gasteiger partial charge in [-0.25, -0.2) is 9.18 Å². The molecule has 0 saturated carbocycles. The minimum Gasteiger partial charge on any atom is -0.427 e. The molecular formula is C17H12F2O4. The third-order valence-corrected chi connectivity index (χ3v) is 2.85. The fraction of sp³-hybridized carbons (Fsp3) is 0.0588. The number of halogens is 2. The van der Waals surface area contributed by atoms with Crippen LogP contribution in [0.25, 0.3) is 11.1 Å². The molecule has 6 heteroatoms. The number of hydrogen-bond donors (Lipinski definition) is 0. The molecule has 0 aliphatic rings. The lowest BCUT2D eigenvalue weighted by Gasteiger charge is -2.09. The Morgan fingerprint density at radius 1 is 1.00 bits per heavy atom. The monoisotopic (exact) mass is 318 g/mol. The van der Waals surface area contributed by atoms with Crippen LogP contribution in [0.15, 0.2) is 49.1 Å². The van der Waals surface area contributed by atoms with E-state index in [0.29, 0.717) is 11.3 Å². The van der Waals surface area contributed by atoms with E-state index in [4.69, 9.17) is 4.74 Å². The molecule has 2 aromatic rings. The van der Waals surface area contributed by atoms with Crippen LogP contribution in [0, 0.1) is 11.6 Å². The summed E-state index contributed by atoms with van der Waals surface area (Å²) < 4.78 is 37.5. The Bertz CT molecular complexity index is 767. The molecule has 23 heavy (non-hydrogen) atoms. The Morgan fingerprint density at radius 2 is 1.65 bits per heavy atom. The van der Waals surface area contributed by atoms with Gasteiger partial charge < -0.3 is 9.47 Å². The third-order valence-electron chi connectivity index (χ3n) is 2.85. The van der Waals surface area contributed by atoms with Gasteiger partial charge in [-0.15, -0.1) is 0 Å². The normalized spacial score (nSPS) is 10.0. The molecule has 0 spiro atoms. The lowest BCUT2D eigenvalue weighted by atomic mass is 10.0. The van der Waals surface area contributed by atoms with Crippen LogP contribution in [-0.4, -0.2) is 11.9 Å². The molecule has 0 atom stereocenters. The van der Waals surface area contributed by atoms with Crippen LogP contribution in [0.1, 0.15) is 6.92 Å². The Labute approximate surface area is 131 Å². The highest BCUT2D eigenvalue weighted by atomic mass is 19.2. The van der Waals surface area contributed by atoms with Crippen molar-refractivity contribution < 1.29 is 27.8 Å². The van der Waals surface area contributed by atoms with E-state index in [2.05, 4.69) is 11.3 Å². The van der Waals surface area contributed by atoms with E-state index in [0.717, 1.165) is 12.1 Å². The molecule has 0 aromatic heterocycles. The molecule has 0 amide bonds. The Kier molecular flexibility index (Phi) is 4.85. The van der Waals surface area contributed by atoms with Crippen molar-refractivity contribution in [2.24, 2.45) is 0 Å². The van der Waals surface area contributed by atoms with E-state index in [1.807, 2.05) is 0 Å². The van der Waals surface area contributed by atoms with E-state index in [1.165, 1.54) is 37.3 Å². The van der Waals surface area contributed by atoms with Crippen LogP contribution in [0.5, 0.6) is 11.5 Å². The highest BCUT2D eigenvalue weighted by Crippen LogP contribution is 2.30.